The highest BCUT2D eigenvalue weighted by molar-refractivity contribution is 6.23. The molecule has 0 bridgehead atoms. The highest BCUT2D eigenvalue weighted by Crippen LogP contribution is 2.33. The number of imide groups is 2. The van der Waals surface area contributed by atoms with Gasteiger partial charge < -0.3 is 10.2 Å². The minimum absolute atomic E-state index is 0.0495. The van der Waals surface area contributed by atoms with E-state index in [2.05, 4.69) is 38.6 Å². The van der Waals surface area contributed by atoms with Crippen molar-refractivity contribution in [2.45, 2.75) is 38.3 Å². The zero-order valence-electron chi connectivity index (χ0n) is 26.0. The van der Waals surface area contributed by atoms with Crippen molar-refractivity contribution in [2.75, 3.05) is 23.3 Å². The molecule has 238 valence electrons. The van der Waals surface area contributed by atoms with Crippen LogP contribution in [0.2, 0.25) is 0 Å². The van der Waals surface area contributed by atoms with Crippen LogP contribution in [0.1, 0.15) is 58.5 Å². The van der Waals surface area contributed by atoms with Crippen molar-refractivity contribution in [2.24, 2.45) is 5.92 Å². The fourth-order valence-corrected chi connectivity index (χ4v) is 6.07. The van der Waals surface area contributed by atoms with Crippen molar-refractivity contribution < 1.29 is 24.0 Å². The average molecular weight is 641 g/mol. The average Bonchev–Trinajstić information content (AvgIpc) is 3.63. The smallest absolute Gasteiger partial charge is 0.262 e. The summed E-state index contributed by atoms with van der Waals surface area (Å²) in [4.78, 5) is 70.7. The summed E-state index contributed by atoms with van der Waals surface area (Å²) in [5.74, 6) is 4.00. The number of nitrogens with one attached hydrogen (secondary N) is 2. The van der Waals surface area contributed by atoms with Crippen LogP contribution >= 0.6 is 0 Å². The van der Waals surface area contributed by atoms with Gasteiger partial charge in [0.15, 0.2) is 0 Å². The molecule has 2 aromatic carbocycles. The highest BCUT2D eigenvalue weighted by Gasteiger charge is 2.45. The number of nitrogens with zero attached hydrogens (tertiary/aromatic N) is 6. The van der Waals surface area contributed by atoms with E-state index in [9.17, 15) is 29.2 Å². The number of hydrogen-bond donors (Lipinski definition) is 2. The van der Waals surface area contributed by atoms with E-state index in [0.717, 1.165) is 10.6 Å². The van der Waals surface area contributed by atoms with E-state index in [1.807, 2.05) is 4.90 Å². The molecule has 2 saturated heterocycles. The largest absolute Gasteiger partial charge is 0.369 e. The molecular weight excluding hydrogens is 612 g/mol. The van der Waals surface area contributed by atoms with E-state index < -0.39 is 35.2 Å². The molecule has 3 aliphatic rings. The number of carbonyl (C=O) groups is 5. The van der Waals surface area contributed by atoms with Gasteiger partial charge in [-0.2, -0.15) is 10.4 Å². The summed E-state index contributed by atoms with van der Waals surface area (Å²) < 4.78 is 1.56. The second-order valence-electron chi connectivity index (χ2n) is 12.4. The fraction of sp³-hybridized carbons (Fsp3) is 0.257. The maximum Gasteiger partial charge on any atom is 0.262 e. The van der Waals surface area contributed by atoms with Gasteiger partial charge in [0, 0.05) is 43.0 Å². The van der Waals surface area contributed by atoms with E-state index >= 15 is 0 Å². The van der Waals surface area contributed by atoms with Crippen LogP contribution in [0.3, 0.4) is 0 Å². The molecule has 1 atom stereocenters. The van der Waals surface area contributed by atoms with Gasteiger partial charge in [-0.3, -0.25) is 43.9 Å². The van der Waals surface area contributed by atoms with E-state index in [1.165, 1.54) is 0 Å². The maximum absolute atomic E-state index is 13.4. The number of fused-ring (bicyclic) bond motifs is 2. The molecule has 0 aliphatic carbocycles. The maximum atomic E-state index is 13.4. The Hall–Kier alpha value is -6.34. The molecule has 2 N–H and O–H groups in total. The number of piperidine rings is 1. The summed E-state index contributed by atoms with van der Waals surface area (Å²) in [6, 6.07) is 13.0. The summed E-state index contributed by atoms with van der Waals surface area (Å²) in [7, 11) is 0. The Morgan fingerprint density at radius 1 is 1.06 bits per heavy atom. The summed E-state index contributed by atoms with van der Waals surface area (Å²) >= 11 is 0. The molecule has 5 amide bonds. The monoisotopic (exact) mass is 640 g/mol. The highest BCUT2D eigenvalue weighted by atomic mass is 16.2. The molecule has 2 aromatic heterocycles. The van der Waals surface area contributed by atoms with Crippen LogP contribution < -0.4 is 15.5 Å². The van der Waals surface area contributed by atoms with Crippen LogP contribution in [0.15, 0.2) is 61.1 Å². The third kappa shape index (κ3) is 5.11. The molecule has 3 aliphatic heterocycles. The topological polar surface area (TPSA) is 170 Å². The van der Waals surface area contributed by atoms with Gasteiger partial charge in [0.2, 0.25) is 11.8 Å². The van der Waals surface area contributed by atoms with Gasteiger partial charge in [0.05, 0.1) is 45.6 Å². The van der Waals surface area contributed by atoms with Crippen molar-refractivity contribution in [1.82, 2.24) is 25.0 Å². The van der Waals surface area contributed by atoms with E-state index in [0.29, 0.717) is 40.8 Å². The Bertz CT molecular complexity index is 2180. The third-order valence-electron chi connectivity index (χ3n) is 8.94. The van der Waals surface area contributed by atoms with Gasteiger partial charge in [0.25, 0.3) is 17.7 Å². The molecule has 13 heteroatoms. The first kappa shape index (κ1) is 30.3. The van der Waals surface area contributed by atoms with Crippen molar-refractivity contribution in [1.29, 1.82) is 5.26 Å². The quantitative estimate of drug-likeness (QED) is 0.246. The predicted octanol–water partition coefficient (Wildman–Crippen LogP) is 2.57. The number of rotatable bonds is 5. The first-order chi connectivity index (χ1) is 23.0. The second kappa shape index (κ2) is 11.5. The van der Waals surface area contributed by atoms with Crippen LogP contribution in [0.5, 0.6) is 0 Å². The van der Waals surface area contributed by atoms with Gasteiger partial charge in [-0.05, 0) is 62.7 Å². The van der Waals surface area contributed by atoms with Gasteiger partial charge in [0.1, 0.15) is 17.6 Å². The lowest BCUT2D eigenvalue weighted by Gasteiger charge is -2.38. The molecule has 13 nitrogen and oxygen atoms in total. The second-order valence-corrected chi connectivity index (χ2v) is 12.4. The SMILES string of the molecule is CC(C)(C(=O)Nc1ccc(C#N)c2ncccc12)n1cc(C#CC2CN(c3ccc4c(c3)C(=O)N(C3CCC(=O)NC3=O)C4=O)C2)cn1. The number of pyridine rings is 1. The van der Waals surface area contributed by atoms with Crippen molar-refractivity contribution in [3.05, 3.63) is 83.3 Å². The molecule has 48 heavy (non-hydrogen) atoms. The molecule has 0 radical (unpaired) electrons. The number of nitriles is 1. The van der Waals surface area contributed by atoms with E-state index in [4.69, 9.17) is 0 Å². The zero-order valence-corrected chi connectivity index (χ0v) is 26.0. The van der Waals surface area contributed by atoms with Crippen LogP contribution in [0.25, 0.3) is 10.9 Å². The predicted molar refractivity (Wildman–Crippen MR) is 172 cm³/mol. The first-order valence-corrected chi connectivity index (χ1v) is 15.3. The Kier molecular flexibility index (Phi) is 7.25. The Morgan fingerprint density at radius 3 is 2.62 bits per heavy atom. The lowest BCUT2D eigenvalue weighted by Crippen LogP contribution is -2.54. The zero-order chi connectivity index (χ0) is 33.7. The van der Waals surface area contributed by atoms with Gasteiger partial charge in [-0.1, -0.05) is 11.8 Å². The van der Waals surface area contributed by atoms with Crippen LogP contribution in [-0.4, -0.2) is 68.3 Å². The fourth-order valence-electron chi connectivity index (χ4n) is 6.07. The minimum atomic E-state index is -1.06. The normalized spacial score (nSPS) is 17.7. The standard InChI is InChI=1S/C35H28N8O5/c1-35(2,34(48)39-27-10-7-22(15-36)30-25(27)4-3-13-37-30)42-19-20(16-38-42)5-6-21-17-41(18-21)23-8-9-24-26(14-23)33(47)43(32(24)46)28-11-12-29(44)40-31(28)45/h3-4,7-10,13-14,16,19,21,28H,11-12,17-18H2,1-2H3,(H,39,48)(H,40,44,45). The minimum Gasteiger partial charge on any atom is -0.369 e. The van der Waals surface area contributed by atoms with E-state index in [-0.39, 0.29) is 35.8 Å². The number of aromatic nitrogens is 3. The molecule has 2 fully saturated rings. The third-order valence-corrected chi connectivity index (χ3v) is 8.94. The Balaban J connectivity index is 0.988. The van der Waals surface area contributed by atoms with Crippen molar-refractivity contribution in [3.63, 3.8) is 0 Å². The number of hydrogen-bond acceptors (Lipinski definition) is 9. The number of anilines is 2. The summed E-state index contributed by atoms with van der Waals surface area (Å²) in [6.45, 7) is 4.72. The van der Waals surface area contributed by atoms with Gasteiger partial charge in [-0.15, -0.1) is 0 Å². The lowest BCUT2D eigenvalue weighted by atomic mass is 9.98. The van der Waals surface area contributed by atoms with Crippen LogP contribution in [0, 0.1) is 29.1 Å². The number of carbonyl (C=O) groups excluding carboxylic acids is 5. The number of amides is 5. The van der Waals surface area contributed by atoms with Crippen LogP contribution in [-0.2, 0) is 19.9 Å². The van der Waals surface area contributed by atoms with Crippen molar-refractivity contribution in [3.8, 4) is 17.9 Å². The molecule has 1 unspecified atom stereocenters. The molecule has 0 spiro atoms. The first-order valence-electron chi connectivity index (χ1n) is 15.3. The van der Waals surface area contributed by atoms with Gasteiger partial charge in [-0.25, -0.2) is 0 Å². The Morgan fingerprint density at radius 2 is 1.85 bits per heavy atom. The molecule has 5 heterocycles. The Labute approximate surface area is 274 Å². The van der Waals surface area contributed by atoms with Crippen molar-refractivity contribution >= 4 is 51.8 Å². The molecule has 7 rings (SSSR count). The molecular formula is C35H28N8O5. The lowest BCUT2D eigenvalue weighted by molar-refractivity contribution is -0.136. The summed E-state index contributed by atoms with van der Waals surface area (Å²) in [5.41, 5.74) is 2.31. The van der Waals surface area contributed by atoms with Crippen LogP contribution in [0.4, 0.5) is 11.4 Å². The van der Waals surface area contributed by atoms with Gasteiger partial charge >= 0.3 is 0 Å². The number of benzene rings is 2. The summed E-state index contributed by atoms with van der Waals surface area (Å²) in [6.07, 6.45) is 5.10. The molecule has 4 aromatic rings. The van der Waals surface area contributed by atoms with E-state index in [1.54, 1.807) is 79.6 Å². The summed E-state index contributed by atoms with van der Waals surface area (Å²) in [5, 5.41) is 19.6. The molecule has 0 saturated carbocycles.